The SMILES string of the molecule is CN(C(=S)C1CC1)c1ccc(OCc2cc3c(F)cc(F)cc3n2C(=O)O)cc1. The molecular formula is C21H18F2N2O3S. The summed E-state index contributed by atoms with van der Waals surface area (Å²) in [5.41, 5.74) is 1.08. The smallest absolute Gasteiger partial charge is 0.416 e. The molecule has 1 saturated carbocycles. The lowest BCUT2D eigenvalue weighted by Crippen LogP contribution is -2.25. The molecule has 4 rings (SSSR count). The van der Waals surface area contributed by atoms with Gasteiger partial charge in [-0.2, -0.15) is 0 Å². The first-order valence-corrected chi connectivity index (χ1v) is 9.49. The number of ether oxygens (including phenoxy) is 1. The van der Waals surface area contributed by atoms with Crippen LogP contribution in [0.25, 0.3) is 10.9 Å². The van der Waals surface area contributed by atoms with Crippen molar-refractivity contribution in [3.05, 3.63) is 59.8 Å². The summed E-state index contributed by atoms with van der Waals surface area (Å²) < 4.78 is 34.1. The van der Waals surface area contributed by atoms with Gasteiger partial charge < -0.3 is 14.7 Å². The Morgan fingerprint density at radius 2 is 1.93 bits per heavy atom. The van der Waals surface area contributed by atoms with Gasteiger partial charge in [0.2, 0.25) is 0 Å². The summed E-state index contributed by atoms with van der Waals surface area (Å²) in [5, 5.41) is 9.50. The van der Waals surface area contributed by atoms with E-state index in [4.69, 9.17) is 17.0 Å². The highest BCUT2D eigenvalue weighted by molar-refractivity contribution is 7.80. The molecule has 1 N–H and O–H groups in total. The van der Waals surface area contributed by atoms with E-state index in [-0.39, 0.29) is 23.2 Å². The van der Waals surface area contributed by atoms with Crippen molar-refractivity contribution in [3.63, 3.8) is 0 Å². The summed E-state index contributed by atoms with van der Waals surface area (Å²) in [6.45, 7) is -0.113. The van der Waals surface area contributed by atoms with Crippen LogP contribution in [0.5, 0.6) is 5.75 Å². The molecule has 0 aliphatic heterocycles. The molecular weight excluding hydrogens is 398 g/mol. The van der Waals surface area contributed by atoms with Gasteiger partial charge in [-0.15, -0.1) is 0 Å². The van der Waals surface area contributed by atoms with Gasteiger partial charge in [-0.1, -0.05) is 12.2 Å². The number of aromatic nitrogens is 1. The summed E-state index contributed by atoms with van der Waals surface area (Å²) >= 11 is 5.46. The third kappa shape index (κ3) is 3.80. The highest BCUT2D eigenvalue weighted by Gasteiger charge is 2.29. The molecule has 0 spiro atoms. The fourth-order valence-electron chi connectivity index (χ4n) is 3.27. The van der Waals surface area contributed by atoms with E-state index in [9.17, 15) is 18.7 Å². The van der Waals surface area contributed by atoms with Crippen LogP contribution >= 0.6 is 12.2 Å². The Labute approximate surface area is 171 Å². The monoisotopic (exact) mass is 416 g/mol. The van der Waals surface area contributed by atoms with Gasteiger partial charge in [-0.05, 0) is 49.2 Å². The molecule has 0 unspecified atom stereocenters. The average Bonchev–Trinajstić information content (AvgIpc) is 3.46. The second-order valence-electron chi connectivity index (χ2n) is 7.03. The molecule has 5 nitrogen and oxygen atoms in total. The van der Waals surface area contributed by atoms with Crippen molar-refractivity contribution in [3.8, 4) is 5.75 Å². The molecule has 8 heteroatoms. The number of fused-ring (bicyclic) bond motifs is 1. The van der Waals surface area contributed by atoms with Crippen LogP contribution in [0.4, 0.5) is 19.3 Å². The molecule has 29 heavy (non-hydrogen) atoms. The van der Waals surface area contributed by atoms with Gasteiger partial charge in [0.1, 0.15) is 24.0 Å². The average molecular weight is 416 g/mol. The van der Waals surface area contributed by atoms with Crippen molar-refractivity contribution >= 4 is 39.9 Å². The van der Waals surface area contributed by atoms with E-state index in [1.807, 2.05) is 24.1 Å². The molecule has 0 radical (unpaired) electrons. The second kappa shape index (κ2) is 7.44. The summed E-state index contributed by atoms with van der Waals surface area (Å²) in [6.07, 6.45) is 0.924. The quantitative estimate of drug-likeness (QED) is 0.580. The van der Waals surface area contributed by atoms with Crippen molar-refractivity contribution in [1.82, 2.24) is 4.57 Å². The number of carbonyl (C=O) groups is 1. The Hall–Kier alpha value is -3.00. The van der Waals surface area contributed by atoms with E-state index < -0.39 is 17.7 Å². The molecule has 0 atom stereocenters. The molecule has 1 heterocycles. The largest absolute Gasteiger partial charge is 0.487 e. The first kappa shape index (κ1) is 19.3. The second-order valence-corrected chi connectivity index (χ2v) is 7.45. The molecule has 2 aromatic carbocycles. The van der Waals surface area contributed by atoms with Crippen molar-refractivity contribution in [2.45, 2.75) is 19.4 Å². The van der Waals surface area contributed by atoms with Gasteiger partial charge in [0.25, 0.3) is 0 Å². The molecule has 3 aromatic rings. The number of thiocarbonyl (C=S) groups is 1. The lowest BCUT2D eigenvalue weighted by Gasteiger charge is -2.20. The van der Waals surface area contributed by atoms with Crippen LogP contribution in [0.1, 0.15) is 18.5 Å². The molecule has 1 fully saturated rings. The number of hydrogen-bond acceptors (Lipinski definition) is 3. The van der Waals surface area contributed by atoms with Gasteiger partial charge in [-0.3, -0.25) is 0 Å². The van der Waals surface area contributed by atoms with Crippen molar-refractivity contribution in [2.75, 3.05) is 11.9 Å². The van der Waals surface area contributed by atoms with Crippen LogP contribution in [0.15, 0.2) is 42.5 Å². The van der Waals surface area contributed by atoms with Crippen LogP contribution in [0.2, 0.25) is 0 Å². The molecule has 0 saturated heterocycles. The molecule has 0 bridgehead atoms. The predicted molar refractivity (Wildman–Crippen MR) is 110 cm³/mol. The highest BCUT2D eigenvalue weighted by atomic mass is 32.1. The predicted octanol–water partition coefficient (Wildman–Crippen LogP) is 5.20. The molecule has 1 aliphatic rings. The fraction of sp³-hybridized carbons (Fsp3) is 0.238. The first-order valence-electron chi connectivity index (χ1n) is 9.08. The molecule has 1 aliphatic carbocycles. The van der Waals surface area contributed by atoms with Crippen molar-refractivity contribution in [1.29, 1.82) is 0 Å². The zero-order valence-electron chi connectivity index (χ0n) is 15.6. The van der Waals surface area contributed by atoms with E-state index in [0.29, 0.717) is 11.7 Å². The Morgan fingerprint density at radius 1 is 1.24 bits per heavy atom. The first-order chi connectivity index (χ1) is 13.8. The minimum atomic E-state index is -1.34. The zero-order valence-corrected chi connectivity index (χ0v) is 16.4. The Balaban J connectivity index is 1.53. The lowest BCUT2D eigenvalue weighted by atomic mass is 10.2. The third-order valence-corrected chi connectivity index (χ3v) is 5.58. The molecule has 1 aromatic heterocycles. The molecule has 0 amide bonds. The van der Waals surface area contributed by atoms with E-state index in [1.54, 1.807) is 12.1 Å². The molecule has 150 valence electrons. The normalized spacial score (nSPS) is 13.5. The number of hydrogen-bond donors (Lipinski definition) is 1. The van der Waals surface area contributed by atoms with Crippen LogP contribution in [0, 0.1) is 17.6 Å². The number of nitrogens with zero attached hydrogens (tertiary/aromatic N) is 2. The topological polar surface area (TPSA) is 54.7 Å². The summed E-state index contributed by atoms with van der Waals surface area (Å²) in [7, 11) is 1.93. The maximum absolute atomic E-state index is 14.0. The third-order valence-electron chi connectivity index (χ3n) is 4.97. The van der Waals surface area contributed by atoms with Crippen LogP contribution in [-0.2, 0) is 6.61 Å². The number of benzene rings is 2. The van der Waals surface area contributed by atoms with E-state index in [2.05, 4.69) is 0 Å². The van der Waals surface area contributed by atoms with Gasteiger partial charge in [-0.25, -0.2) is 18.1 Å². The van der Waals surface area contributed by atoms with Crippen LogP contribution in [-0.4, -0.2) is 27.8 Å². The van der Waals surface area contributed by atoms with E-state index in [0.717, 1.165) is 40.2 Å². The van der Waals surface area contributed by atoms with Gasteiger partial charge in [0, 0.05) is 30.1 Å². The Kier molecular flexibility index (Phi) is 4.96. The number of anilines is 1. The van der Waals surface area contributed by atoms with Crippen molar-refractivity contribution in [2.24, 2.45) is 5.92 Å². The highest BCUT2D eigenvalue weighted by Crippen LogP contribution is 2.33. The fourth-order valence-corrected chi connectivity index (χ4v) is 3.61. The lowest BCUT2D eigenvalue weighted by molar-refractivity contribution is 0.194. The van der Waals surface area contributed by atoms with Crippen molar-refractivity contribution < 1.29 is 23.4 Å². The Bertz CT molecular complexity index is 1110. The Morgan fingerprint density at radius 3 is 2.55 bits per heavy atom. The van der Waals surface area contributed by atoms with Crippen LogP contribution in [0.3, 0.4) is 0 Å². The standard InChI is InChI=1S/C21H18F2N2O3S/c1-24(20(29)12-2-3-12)14-4-6-16(7-5-14)28-11-15-10-17-18(23)8-13(22)9-19(17)25(15)21(26)27/h4-10,12H,2-3,11H2,1H3,(H,26,27). The summed E-state index contributed by atoms with van der Waals surface area (Å²) in [5.74, 6) is -0.658. The van der Waals surface area contributed by atoms with Gasteiger partial charge in [0.15, 0.2) is 0 Å². The van der Waals surface area contributed by atoms with E-state index in [1.165, 1.54) is 6.07 Å². The maximum Gasteiger partial charge on any atom is 0.416 e. The number of carboxylic acid groups (broad SMARTS) is 1. The summed E-state index contributed by atoms with van der Waals surface area (Å²) in [6, 6.07) is 10.3. The zero-order chi connectivity index (χ0) is 20.7. The maximum atomic E-state index is 14.0. The van der Waals surface area contributed by atoms with Gasteiger partial charge in [0.05, 0.1) is 16.2 Å². The van der Waals surface area contributed by atoms with Crippen LogP contribution < -0.4 is 9.64 Å². The van der Waals surface area contributed by atoms with E-state index >= 15 is 0 Å². The minimum absolute atomic E-state index is 0.0259. The number of rotatable bonds is 5. The summed E-state index contributed by atoms with van der Waals surface area (Å²) in [4.78, 5) is 14.5. The van der Waals surface area contributed by atoms with Gasteiger partial charge >= 0.3 is 6.09 Å². The number of halogens is 2. The minimum Gasteiger partial charge on any atom is -0.487 e.